The number of carbonyl (C=O) groups is 2. The highest BCUT2D eigenvalue weighted by Gasteiger charge is 2.30. The Morgan fingerprint density at radius 2 is 1.66 bits per heavy atom. The molecule has 0 fully saturated rings. The lowest BCUT2D eigenvalue weighted by Crippen LogP contribution is -2.15. The number of para-hydroxylation sites is 1. The Morgan fingerprint density at radius 1 is 0.969 bits per heavy atom. The molecule has 0 amide bonds. The lowest BCUT2D eigenvalue weighted by molar-refractivity contribution is -0.384. The van der Waals surface area contributed by atoms with Gasteiger partial charge in [-0.25, -0.2) is 4.79 Å². The lowest BCUT2D eigenvalue weighted by Gasteiger charge is -2.13. The van der Waals surface area contributed by atoms with Gasteiger partial charge < -0.3 is 10.1 Å². The monoisotopic (exact) mass is 444 g/mol. The smallest absolute Gasteiger partial charge is 0.416 e. The van der Waals surface area contributed by atoms with E-state index in [0.717, 1.165) is 24.3 Å². The second-order valence-corrected chi connectivity index (χ2v) is 6.55. The van der Waals surface area contributed by atoms with Gasteiger partial charge in [0, 0.05) is 23.4 Å². The first kappa shape index (κ1) is 22.5. The fourth-order valence-corrected chi connectivity index (χ4v) is 2.76. The molecule has 0 saturated carbocycles. The summed E-state index contributed by atoms with van der Waals surface area (Å²) in [6.07, 6.45) is -4.52. The highest BCUT2D eigenvalue weighted by atomic mass is 19.4. The van der Waals surface area contributed by atoms with E-state index in [2.05, 4.69) is 5.32 Å². The molecule has 0 spiro atoms. The maximum Gasteiger partial charge on any atom is 0.416 e. The molecule has 0 bridgehead atoms. The van der Waals surface area contributed by atoms with Crippen molar-refractivity contribution in [2.45, 2.75) is 6.18 Å². The van der Waals surface area contributed by atoms with Gasteiger partial charge in [0.2, 0.25) is 0 Å². The van der Waals surface area contributed by atoms with E-state index in [4.69, 9.17) is 4.74 Å². The van der Waals surface area contributed by atoms with Crippen LogP contribution in [0.1, 0.15) is 26.3 Å². The topological polar surface area (TPSA) is 98.5 Å². The van der Waals surface area contributed by atoms with Crippen LogP contribution in [0.25, 0.3) is 0 Å². The quantitative estimate of drug-likeness (QED) is 0.227. The summed E-state index contributed by atoms with van der Waals surface area (Å²) >= 11 is 0. The van der Waals surface area contributed by atoms with Gasteiger partial charge in [-0.05, 0) is 42.5 Å². The number of halogens is 3. The van der Waals surface area contributed by atoms with Gasteiger partial charge in [0.1, 0.15) is 0 Å². The van der Waals surface area contributed by atoms with E-state index in [0.29, 0.717) is 0 Å². The second-order valence-electron chi connectivity index (χ2n) is 6.55. The maximum atomic E-state index is 12.9. The summed E-state index contributed by atoms with van der Waals surface area (Å²) < 4.78 is 43.8. The molecule has 0 saturated heterocycles. The van der Waals surface area contributed by atoms with Crippen LogP contribution in [0.2, 0.25) is 0 Å². The molecule has 0 aliphatic heterocycles. The molecule has 32 heavy (non-hydrogen) atoms. The minimum Gasteiger partial charge on any atom is -0.454 e. The van der Waals surface area contributed by atoms with Crippen molar-refractivity contribution < 1.29 is 32.4 Å². The number of hydrogen-bond donors (Lipinski definition) is 1. The van der Waals surface area contributed by atoms with Crippen LogP contribution in [-0.2, 0) is 10.9 Å². The molecule has 3 rings (SSSR count). The number of Topliss-reactive ketones (excluding diaryl/α,β-unsaturated/α-hetero) is 1. The molecule has 164 valence electrons. The summed E-state index contributed by atoms with van der Waals surface area (Å²) in [7, 11) is 0. The largest absolute Gasteiger partial charge is 0.454 e. The van der Waals surface area contributed by atoms with Gasteiger partial charge in [0.05, 0.1) is 21.7 Å². The highest BCUT2D eigenvalue weighted by molar-refractivity contribution is 6.01. The van der Waals surface area contributed by atoms with Gasteiger partial charge in [0.15, 0.2) is 12.4 Å². The molecule has 0 aromatic heterocycles. The van der Waals surface area contributed by atoms with Gasteiger partial charge in [-0.15, -0.1) is 0 Å². The van der Waals surface area contributed by atoms with Crippen LogP contribution in [0.5, 0.6) is 0 Å². The molecule has 3 aromatic carbocycles. The number of ether oxygens (including phenoxy) is 1. The predicted octanol–water partition coefficient (Wildman–Crippen LogP) is 5.40. The Balaban J connectivity index is 1.70. The normalized spacial score (nSPS) is 11.0. The number of benzene rings is 3. The molecule has 0 unspecified atom stereocenters. The molecule has 0 heterocycles. The Kier molecular flexibility index (Phi) is 6.53. The Bertz CT molecular complexity index is 1160. The van der Waals surface area contributed by atoms with Crippen LogP contribution in [0.4, 0.5) is 30.2 Å². The number of alkyl halides is 3. The zero-order chi connectivity index (χ0) is 23.3. The Labute approximate surface area is 179 Å². The van der Waals surface area contributed by atoms with Crippen molar-refractivity contribution in [1.82, 2.24) is 0 Å². The number of non-ortho nitro benzene ring substituents is 1. The minimum absolute atomic E-state index is 0.0152. The van der Waals surface area contributed by atoms with Crippen LogP contribution in [-0.4, -0.2) is 23.3 Å². The number of esters is 1. The van der Waals surface area contributed by atoms with Crippen LogP contribution in [0.15, 0.2) is 72.8 Å². The number of nitro benzene ring substituents is 1. The van der Waals surface area contributed by atoms with Gasteiger partial charge in [-0.2, -0.15) is 13.2 Å². The minimum atomic E-state index is -4.52. The number of rotatable bonds is 7. The van der Waals surface area contributed by atoms with Gasteiger partial charge in [-0.1, -0.05) is 18.2 Å². The zero-order valence-electron chi connectivity index (χ0n) is 16.3. The molecule has 0 aliphatic carbocycles. The van der Waals surface area contributed by atoms with E-state index in [9.17, 15) is 32.9 Å². The van der Waals surface area contributed by atoms with Crippen LogP contribution < -0.4 is 5.32 Å². The SMILES string of the molecule is O=C(COC(=O)c1ccccc1Nc1cccc(C(F)(F)F)c1)c1ccc([N+](=O)[O-])cc1. The average molecular weight is 444 g/mol. The fraction of sp³-hybridized carbons (Fsp3) is 0.0909. The number of ketones is 1. The summed E-state index contributed by atoms with van der Waals surface area (Å²) in [6.45, 7) is -0.617. The van der Waals surface area contributed by atoms with E-state index < -0.39 is 35.0 Å². The van der Waals surface area contributed by atoms with E-state index in [1.54, 1.807) is 6.07 Å². The van der Waals surface area contributed by atoms with E-state index in [1.807, 2.05) is 0 Å². The first-order valence-corrected chi connectivity index (χ1v) is 9.13. The molecule has 3 aromatic rings. The van der Waals surface area contributed by atoms with E-state index in [-0.39, 0.29) is 28.2 Å². The standard InChI is InChI=1S/C22H15F3N2O5/c23-22(24,25)15-4-3-5-16(12-15)26-19-7-2-1-6-18(19)21(29)32-13-20(28)14-8-10-17(11-9-14)27(30)31/h1-12,26H,13H2. The third-order valence-electron chi connectivity index (χ3n) is 4.35. The van der Waals surface area contributed by atoms with Crippen molar-refractivity contribution >= 4 is 28.8 Å². The number of anilines is 2. The Hall–Kier alpha value is -4.21. The molecular formula is C22H15F3N2O5. The van der Waals surface area contributed by atoms with Crippen LogP contribution in [0.3, 0.4) is 0 Å². The predicted molar refractivity (Wildman–Crippen MR) is 109 cm³/mol. The van der Waals surface area contributed by atoms with Crippen molar-refractivity contribution in [2.24, 2.45) is 0 Å². The molecule has 1 N–H and O–H groups in total. The molecular weight excluding hydrogens is 429 g/mol. The van der Waals surface area contributed by atoms with Crippen molar-refractivity contribution in [3.8, 4) is 0 Å². The molecule has 7 nitrogen and oxygen atoms in total. The number of nitrogens with zero attached hydrogens (tertiary/aromatic N) is 1. The van der Waals surface area contributed by atoms with Crippen molar-refractivity contribution in [3.63, 3.8) is 0 Å². The summed E-state index contributed by atoms with van der Waals surface area (Å²) in [5, 5.41) is 13.4. The summed E-state index contributed by atoms with van der Waals surface area (Å²) in [6, 6.07) is 15.3. The first-order chi connectivity index (χ1) is 15.1. The molecule has 0 radical (unpaired) electrons. The van der Waals surface area contributed by atoms with Crippen molar-refractivity contribution in [2.75, 3.05) is 11.9 Å². The van der Waals surface area contributed by atoms with E-state index >= 15 is 0 Å². The highest BCUT2D eigenvalue weighted by Crippen LogP contribution is 2.32. The third kappa shape index (κ3) is 5.48. The summed E-state index contributed by atoms with van der Waals surface area (Å²) in [5.74, 6) is -1.44. The molecule has 10 heteroatoms. The number of nitro groups is 1. The van der Waals surface area contributed by atoms with Gasteiger partial charge in [0.25, 0.3) is 5.69 Å². The van der Waals surface area contributed by atoms with Gasteiger partial charge >= 0.3 is 12.1 Å². The average Bonchev–Trinajstić information content (AvgIpc) is 2.77. The van der Waals surface area contributed by atoms with Crippen molar-refractivity contribution in [3.05, 3.63) is 99.6 Å². The Morgan fingerprint density at radius 3 is 2.31 bits per heavy atom. The fourth-order valence-electron chi connectivity index (χ4n) is 2.76. The van der Waals surface area contributed by atoms with Crippen LogP contribution >= 0.6 is 0 Å². The summed E-state index contributed by atoms with van der Waals surface area (Å²) in [5.41, 5.74) is -0.591. The van der Waals surface area contributed by atoms with E-state index in [1.165, 1.54) is 42.5 Å². The number of carbonyl (C=O) groups excluding carboxylic acids is 2. The lowest BCUT2D eigenvalue weighted by atomic mass is 10.1. The zero-order valence-corrected chi connectivity index (χ0v) is 16.3. The summed E-state index contributed by atoms with van der Waals surface area (Å²) in [4.78, 5) is 34.7. The number of nitrogens with one attached hydrogen (secondary N) is 1. The van der Waals surface area contributed by atoms with Gasteiger partial charge in [-0.3, -0.25) is 14.9 Å². The maximum absolute atomic E-state index is 12.9. The van der Waals surface area contributed by atoms with Crippen LogP contribution in [0, 0.1) is 10.1 Å². The molecule has 0 aliphatic rings. The number of hydrogen-bond acceptors (Lipinski definition) is 6. The molecule has 0 atom stereocenters. The second kappa shape index (κ2) is 9.29. The van der Waals surface area contributed by atoms with Crippen molar-refractivity contribution in [1.29, 1.82) is 0 Å². The third-order valence-corrected chi connectivity index (χ3v) is 4.35. The first-order valence-electron chi connectivity index (χ1n) is 9.13.